The van der Waals surface area contributed by atoms with Gasteiger partial charge in [-0.25, -0.2) is 0 Å². The van der Waals surface area contributed by atoms with Gasteiger partial charge in [-0.15, -0.1) is 0 Å². The van der Waals surface area contributed by atoms with Gasteiger partial charge in [-0.2, -0.15) is 4.98 Å². The van der Waals surface area contributed by atoms with Gasteiger partial charge in [0.25, 0.3) is 0 Å². The summed E-state index contributed by atoms with van der Waals surface area (Å²) in [7, 11) is 1.62. The molecule has 5 nitrogen and oxygen atoms in total. The van der Waals surface area contributed by atoms with E-state index in [1.807, 2.05) is 6.92 Å². The van der Waals surface area contributed by atoms with Crippen LogP contribution in [0.1, 0.15) is 57.7 Å². The van der Waals surface area contributed by atoms with Crippen molar-refractivity contribution in [1.29, 1.82) is 0 Å². The van der Waals surface area contributed by atoms with E-state index in [1.165, 1.54) is 12.8 Å². The predicted octanol–water partition coefficient (Wildman–Crippen LogP) is 2.18. The Morgan fingerprint density at radius 2 is 2.28 bits per heavy atom. The number of nitrogens with two attached hydrogens (primary N) is 1. The summed E-state index contributed by atoms with van der Waals surface area (Å²) >= 11 is 0. The van der Waals surface area contributed by atoms with Crippen molar-refractivity contribution in [3.05, 3.63) is 11.7 Å². The fourth-order valence-electron chi connectivity index (χ4n) is 2.76. The highest BCUT2D eigenvalue weighted by Crippen LogP contribution is 2.48. The number of aromatic nitrogens is 2. The standard InChI is InChI=1S/C13H23N3O2/c1-12(2)7-5-6-9(12)10-15-11(16-18-10)13(3,14)8-17-4/h9H,5-8,14H2,1-4H3. The molecule has 0 bridgehead atoms. The van der Waals surface area contributed by atoms with E-state index in [9.17, 15) is 0 Å². The van der Waals surface area contributed by atoms with E-state index >= 15 is 0 Å². The second-order valence-electron chi connectivity index (χ2n) is 6.24. The van der Waals surface area contributed by atoms with Gasteiger partial charge in [0.05, 0.1) is 6.61 Å². The SMILES string of the molecule is COCC(C)(N)c1noc(C2CCCC2(C)C)n1. The Morgan fingerprint density at radius 3 is 2.83 bits per heavy atom. The van der Waals surface area contributed by atoms with Crippen molar-refractivity contribution in [2.45, 2.75) is 51.5 Å². The van der Waals surface area contributed by atoms with Crippen LogP contribution in [-0.2, 0) is 10.3 Å². The summed E-state index contributed by atoms with van der Waals surface area (Å²) in [6.45, 7) is 6.74. The third kappa shape index (κ3) is 2.42. The quantitative estimate of drug-likeness (QED) is 0.890. The van der Waals surface area contributed by atoms with Crippen LogP contribution in [0.4, 0.5) is 0 Å². The molecule has 2 atom stereocenters. The van der Waals surface area contributed by atoms with Crippen molar-refractivity contribution in [3.63, 3.8) is 0 Å². The van der Waals surface area contributed by atoms with Crippen molar-refractivity contribution in [2.75, 3.05) is 13.7 Å². The molecule has 0 aromatic carbocycles. The molecule has 5 heteroatoms. The topological polar surface area (TPSA) is 74.2 Å². The van der Waals surface area contributed by atoms with Crippen molar-refractivity contribution in [2.24, 2.45) is 11.1 Å². The molecular formula is C13H23N3O2. The van der Waals surface area contributed by atoms with E-state index in [0.29, 0.717) is 18.3 Å². The maximum atomic E-state index is 6.12. The first-order valence-corrected chi connectivity index (χ1v) is 6.49. The van der Waals surface area contributed by atoms with Crippen molar-refractivity contribution in [3.8, 4) is 0 Å². The van der Waals surface area contributed by atoms with E-state index in [-0.39, 0.29) is 5.41 Å². The smallest absolute Gasteiger partial charge is 0.230 e. The Kier molecular flexibility index (Phi) is 3.47. The Balaban J connectivity index is 2.20. The summed E-state index contributed by atoms with van der Waals surface area (Å²) in [4.78, 5) is 4.50. The van der Waals surface area contributed by atoms with Gasteiger partial charge in [0.1, 0.15) is 5.54 Å². The highest BCUT2D eigenvalue weighted by molar-refractivity contribution is 5.08. The van der Waals surface area contributed by atoms with Crippen molar-refractivity contribution < 1.29 is 9.26 Å². The van der Waals surface area contributed by atoms with Gasteiger partial charge in [-0.05, 0) is 25.2 Å². The molecule has 0 amide bonds. The lowest BCUT2D eigenvalue weighted by Crippen LogP contribution is -2.39. The summed E-state index contributed by atoms with van der Waals surface area (Å²) in [5, 5.41) is 4.03. The van der Waals surface area contributed by atoms with Gasteiger partial charge in [0, 0.05) is 13.0 Å². The fourth-order valence-corrected chi connectivity index (χ4v) is 2.76. The molecule has 1 aromatic rings. The zero-order chi connectivity index (χ0) is 13.4. The molecule has 0 saturated heterocycles. The molecule has 0 radical (unpaired) electrons. The van der Waals surface area contributed by atoms with Crippen molar-refractivity contribution >= 4 is 0 Å². The highest BCUT2D eigenvalue weighted by atomic mass is 16.5. The summed E-state index contributed by atoms with van der Waals surface area (Å²) in [5.74, 6) is 1.60. The molecule has 0 aliphatic heterocycles. The zero-order valence-corrected chi connectivity index (χ0v) is 11.7. The molecule has 1 saturated carbocycles. The summed E-state index contributed by atoms with van der Waals surface area (Å²) in [6, 6.07) is 0. The summed E-state index contributed by atoms with van der Waals surface area (Å²) in [6.07, 6.45) is 3.53. The molecule has 1 aliphatic carbocycles. The highest BCUT2D eigenvalue weighted by Gasteiger charge is 2.40. The zero-order valence-electron chi connectivity index (χ0n) is 11.7. The molecule has 2 rings (SSSR count). The maximum absolute atomic E-state index is 6.12. The molecule has 1 fully saturated rings. The first kappa shape index (κ1) is 13.5. The Morgan fingerprint density at radius 1 is 1.56 bits per heavy atom. The van der Waals surface area contributed by atoms with Crippen LogP contribution in [0, 0.1) is 5.41 Å². The van der Waals surface area contributed by atoms with Gasteiger partial charge in [0.15, 0.2) is 5.82 Å². The molecular weight excluding hydrogens is 230 g/mol. The summed E-state index contributed by atoms with van der Waals surface area (Å²) in [5.41, 5.74) is 5.66. The molecule has 18 heavy (non-hydrogen) atoms. The number of nitrogens with zero attached hydrogens (tertiary/aromatic N) is 2. The number of rotatable bonds is 4. The minimum Gasteiger partial charge on any atom is -0.382 e. The average molecular weight is 253 g/mol. The van der Waals surface area contributed by atoms with Gasteiger partial charge in [0.2, 0.25) is 5.89 Å². The van der Waals surface area contributed by atoms with Crippen LogP contribution in [0.3, 0.4) is 0 Å². The van der Waals surface area contributed by atoms with Crippen LogP contribution in [0.15, 0.2) is 4.52 Å². The minimum absolute atomic E-state index is 0.232. The first-order chi connectivity index (χ1) is 8.37. The van der Waals surface area contributed by atoms with E-state index < -0.39 is 5.54 Å². The minimum atomic E-state index is -0.695. The normalized spacial score (nSPS) is 26.2. The third-order valence-electron chi connectivity index (χ3n) is 3.95. The fraction of sp³-hybridized carbons (Fsp3) is 0.846. The summed E-state index contributed by atoms with van der Waals surface area (Å²) < 4.78 is 10.5. The lowest BCUT2D eigenvalue weighted by atomic mass is 9.82. The maximum Gasteiger partial charge on any atom is 0.230 e. The molecule has 0 spiro atoms. The lowest BCUT2D eigenvalue weighted by Gasteiger charge is -2.23. The lowest BCUT2D eigenvalue weighted by molar-refractivity contribution is 0.134. The van der Waals surface area contributed by atoms with Gasteiger partial charge in [-0.3, -0.25) is 0 Å². The van der Waals surface area contributed by atoms with E-state index in [2.05, 4.69) is 24.0 Å². The molecule has 102 valence electrons. The number of ether oxygens (including phenoxy) is 1. The molecule has 1 aromatic heterocycles. The van der Waals surface area contributed by atoms with E-state index in [1.54, 1.807) is 7.11 Å². The van der Waals surface area contributed by atoms with Crippen LogP contribution in [0.2, 0.25) is 0 Å². The number of hydrogen-bond acceptors (Lipinski definition) is 5. The van der Waals surface area contributed by atoms with Crippen LogP contribution < -0.4 is 5.73 Å². The largest absolute Gasteiger partial charge is 0.382 e. The molecule has 2 N–H and O–H groups in total. The van der Waals surface area contributed by atoms with Gasteiger partial charge < -0.3 is 15.0 Å². The number of hydrogen-bond donors (Lipinski definition) is 1. The van der Waals surface area contributed by atoms with Crippen molar-refractivity contribution in [1.82, 2.24) is 10.1 Å². The Hall–Kier alpha value is -0.940. The predicted molar refractivity (Wildman–Crippen MR) is 68.1 cm³/mol. The van der Waals surface area contributed by atoms with Crippen LogP contribution in [0.25, 0.3) is 0 Å². The first-order valence-electron chi connectivity index (χ1n) is 6.49. The molecule has 1 heterocycles. The monoisotopic (exact) mass is 253 g/mol. The van der Waals surface area contributed by atoms with E-state index in [0.717, 1.165) is 12.3 Å². The molecule has 2 unspecified atom stereocenters. The van der Waals surface area contributed by atoms with Crippen LogP contribution in [0.5, 0.6) is 0 Å². The van der Waals surface area contributed by atoms with Gasteiger partial charge in [-0.1, -0.05) is 25.4 Å². The van der Waals surface area contributed by atoms with Crippen LogP contribution >= 0.6 is 0 Å². The third-order valence-corrected chi connectivity index (χ3v) is 3.95. The van der Waals surface area contributed by atoms with E-state index in [4.69, 9.17) is 15.0 Å². The second kappa shape index (κ2) is 4.63. The number of methoxy groups -OCH3 is 1. The van der Waals surface area contributed by atoms with Crippen LogP contribution in [-0.4, -0.2) is 23.9 Å². The van der Waals surface area contributed by atoms with Gasteiger partial charge >= 0.3 is 0 Å². The Bertz CT molecular complexity index is 412. The Labute approximate surface area is 108 Å². The molecule has 1 aliphatic rings. The second-order valence-corrected chi connectivity index (χ2v) is 6.24. The average Bonchev–Trinajstić information content (AvgIpc) is 2.83.